The number of aryl methyl sites for hydroxylation is 2. The molecule has 0 atom stereocenters. The fourth-order valence-electron chi connectivity index (χ4n) is 2.13. The minimum absolute atomic E-state index is 0.914. The molecule has 0 aliphatic carbocycles. The summed E-state index contributed by atoms with van der Waals surface area (Å²) in [5, 5.41) is 8.37. The second-order valence-electron chi connectivity index (χ2n) is 3.91. The highest BCUT2D eigenvalue weighted by Gasteiger charge is 2.12. The Morgan fingerprint density at radius 3 is 2.81 bits per heavy atom. The Balaban J connectivity index is 2.38. The van der Waals surface area contributed by atoms with Crippen molar-refractivity contribution in [1.82, 2.24) is 20.2 Å². The summed E-state index contributed by atoms with van der Waals surface area (Å²) in [5.41, 5.74) is 5.37. The second kappa shape index (κ2) is 3.20. The molecule has 0 radical (unpaired) electrons. The normalized spacial score (nSPS) is 11.1. The van der Waals surface area contributed by atoms with E-state index in [1.807, 2.05) is 38.4 Å². The number of nitrogens with one attached hydrogen (secondary N) is 2. The molecular weight excluding hydrogens is 200 g/mol. The Morgan fingerprint density at radius 2 is 2.06 bits per heavy atom. The third kappa shape index (κ3) is 1.16. The Hall–Kier alpha value is -2.10. The van der Waals surface area contributed by atoms with Gasteiger partial charge in [0.15, 0.2) is 0 Å². The molecule has 3 heterocycles. The summed E-state index contributed by atoms with van der Waals surface area (Å²) in [6.07, 6.45) is 3.73. The van der Waals surface area contributed by atoms with Gasteiger partial charge in [0, 0.05) is 29.0 Å². The van der Waals surface area contributed by atoms with Crippen LogP contribution in [-0.4, -0.2) is 20.2 Å². The average molecular weight is 212 g/mol. The van der Waals surface area contributed by atoms with E-state index in [1.54, 1.807) is 0 Å². The molecule has 3 aromatic heterocycles. The zero-order valence-electron chi connectivity index (χ0n) is 9.20. The summed E-state index contributed by atoms with van der Waals surface area (Å²) in [6, 6.07) is 4.07. The first kappa shape index (κ1) is 9.15. The lowest BCUT2D eigenvalue weighted by Gasteiger charge is -2.02. The number of fused-ring (bicyclic) bond motifs is 1. The maximum absolute atomic E-state index is 4.28. The van der Waals surface area contributed by atoms with Crippen LogP contribution < -0.4 is 0 Å². The van der Waals surface area contributed by atoms with E-state index < -0.39 is 0 Å². The molecular formula is C12H12N4. The quantitative estimate of drug-likeness (QED) is 0.651. The van der Waals surface area contributed by atoms with E-state index in [0.29, 0.717) is 0 Å². The van der Waals surface area contributed by atoms with Crippen molar-refractivity contribution in [3.05, 3.63) is 35.9 Å². The summed E-state index contributed by atoms with van der Waals surface area (Å²) in [4.78, 5) is 7.40. The van der Waals surface area contributed by atoms with Gasteiger partial charge in [-0.1, -0.05) is 0 Å². The number of rotatable bonds is 1. The third-order valence-electron chi connectivity index (χ3n) is 2.86. The van der Waals surface area contributed by atoms with E-state index in [9.17, 15) is 0 Å². The van der Waals surface area contributed by atoms with Crippen molar-refractivity contribution in [2.24, 2.45) is 0 Å². The van der Waals surface area contributed by atoms with Gasteiger partial charge in [-0.15, -0.1) is 0 Å². The predicted octanol–water partition coefficient (Wildman–Crippen LogP) is 2.57. The summed E-state index contributed by atoms with van der Waals surface area (Å²) < 4.78 is 0. The third-order valence-corrected chi connectivity index (χ3v) is 2.86. The van der Waals surface area contributed by atoms with Crippen LogP contribution in [0.4, 0.5) is 0 Å². The van der Waals surface area contributed by atoms with Gasteiger partial charge in [0.25, 0.3) is 0 Å². The van der Waals surface area contributed by atoms with Crippen molar-refractivity contribution in [2.45, 2.75) is 13.8 Å². The number of pyridine rings is 1. The lowest BCUT2D eigenvalue weighted by molar-refractivity contribution is 1.02. The summed E-state index contributed by atoms with van der Waals surface area (Å²) in [6.45, 7) is 4.05. The van der Waals surface area contributed by atoms with Gasteiger partial charge in [-0.05, 0) is 31.5 Å². The fourth-order valence-corrected chi connectivity index (χ4v) is 2.13. The highest BCUT2D eigenvalue weighted by atomic mass is 15.1. The van der Waals surface area contributed by atoms with Crippen molar-refractivity contribution in [3.63, 3.8) is 0 Å². The van der Waals surface area contributed by atoms with Crippen LogP contribution in [0, 0.1) is 13.8 Å². The Morgan fingerprint density at radius 1 is 1.19 bits per heavy atom. The van der Waals surface area contributed by atoms with Crippen LogP contribution in [0.25, 0.3) is 22.2 Å². The molecule has 3 aromatic rings. The van der Waals surface area contributed by atoms with Crippen molar-refractivity contribution >= 4 is 11.0 Å². The molecule has 0 unspecified atom stereocenters. The van der Waals surface area contributed by atoms with E-state index in [0.717, 1.165) is 22.4 Å². The zero-order chi connectivity index (χ0) is 11.1. The first-order valence-corrected chi connectivity index (χ1v) is 5.21. The molecule has 16 heavy (non-hydrogen) atoms. The Labute approximate surface area is 92.7 Å². The predicted molar refractivity (Wildman–Crippen MR) is 63.1 cm³/mol. The van der Waals surface area contributed by atoms with Gasteiger partial charge < -0.3 is 4.98 Å². The largest absolute Gasteiger partial charge is 0.346 e. The van der Waals surface area contributed by atoms with Gasteiger partial charge in [0.1, 0.15) is 5.65 Å². The van der Waals surface area contributed by atoms with Gasteiger partial charge in [-0.25, -0.2) is 4.98 Å². The van der Waals surface area contributed by atoms with Crippen LogP contribution in [0.3, 0.4) is 0 Å². The molecule has 3 rings (SSSR count). The highest BCUT2D eigenvalue weighted by Crippen LogP contribution is 2.30. The van der Waals surface area contributed by atoms with E-state index in [-0.39, 0.29) is 0 Å². The number of hydrogen-bond donors (Lipinski definition) is 2. The smallest absolute Gasteiger partial charge is 0.137 e. The molecule has 0 aliphatic heterocycles. The van der Waals surface area contributed by atoms with Crippen LogP contribution in [0.2, 0.25) is 0 Å². The first-order chi connectivity index (χ1) is 7.77. The molecule has 4 nitrogen and oxygen atoms in total. The monoisotopic (exact) mass is 212 g/mol. The van der Waals surface area contributed by atoms with Gasteiger partial charge >= 0.3 is 0 Å². The number of aromatic amines is 2. The Kier molecular flexibility index (Phi) is 1.83. The number of aromatic nitrogens is 4. The number of nitrogens with zero attached hydrogens (tertiary/aromatic N) is 2. The van der Waals surface area contributed by atoms with Gasteiger partial charge in [0.05, 0.1) is 5.69 Å². The van der Waals surface area contributed by atoms with Crippen LogP contribution >= 0.6 is 0 Å². The van der Waals surface area contributed by atoms with Gasteiger partial charge in [-0.3, -0.25) is 5.10 Å². The molecule has 0 aromatic carbocycles. The van der Waals surface area contributed by atoms with Crippen LogP contribution in [0.15, 0.2) is 24.5 Å². The molecule has 0 spiro atoms. The van der Waals surface area contributed by atoms with E-state index in [1.165, 1.54) is 11.1 Å². The van der Waals surface area contributed by atoms with Crippen molar-refractivity contribution < 1.29 is 0 Å². The highest BCUT2D eigenvalue weighted by molar-refractivity contribution is 5.94. The van der Waals surface area contributed by atoms with Crippen LogP contribution in [-0.2, 0) is 0 Å². The molecule has 2 N–H and O–H groups in total. The van der Waals surface area contributed by atoms with Gasteiger partial charge in [-0.2, -0.15) is 5.10 Å². The molecule has 0 amide bonds. The number of H-pyrrole nitrogens is 2. The van der Waals surface area contributed by atoms with Crippen LogP contribution in [0.1, 0.15) is 11.4 Å². The molecule has 0 saturated carbocycles. The second-order valence-corrected chi connectivity index (χ2v) is 3.91. The van der Waals surface area contributed by atoms with E-state index >= 15 is 0 Å². The lowest BCUT2D eigenvalue weighted by atomic mass is 10.0. The summed E-state index contributed by atoms with van der Waals surface area (Å²) >= 11 is 0. The van der Waals surface area contributed by atoms with E-state index in [4.69, 9.17) is 0 Å². The van der Waals surface area contributed by atoms with Crippen LogP contribution in [0.5, 0.6) is 0 Å². The summed E-state index contributed by atoms with van der Waals surface area (Å²) in [5.74, 6) is 0. The maximum Gasteiger partial charge on any atom is 0.137 e. The topological polar surface area (TPSA) is 57.4 Å². The van der Waals surface area contributed by atoms with Gasteiger partial charge in [0.2, 0.25) is 0 Å². The minimum atomic E-state index is 0.914. The SMILES string of the molecule is Cc1n[nH]c(C)c1-c1ccnc2[nH]ccc12. The molecule has 0 saturated heterocycles. The zero-order valence-corrected chi connectivity index (χ0v) is 9.20. The maximum atomic E-state index is 4.28. The average Bonchev–Trinajstić information content (AvgIpc) is 2.86. The molecule has 0 aliphatic rings. The minimum Gasteiger partial charge on any atom is -0.346 e. The Bertz CT molecular complexity index is 628. The molecule has 4 heteroatoms. The first-order valence-electron chi connectivity index (χ1n) is 5.21. The van der Waals surface area contributed by atoms with E-state index in [2.05, 4.69) is 20.2 Å². The summed E-state index contributed by atoms with van der Waals surface area (Å²) in [7, 11) is 0. The molecule has 0 bridgehead atoms. The fraction of sp³-hybridized carbons (Fsp3) is 0.167. The van der Waals surface area contributed by atoms with Crippen molar-refractivity contribution in [3.8, 4) is 11.1 Å². The molecule has 0 fully saturated rings. The lowest BCUT2D eigenvalue weighted by Crippen LogP contribution is -1.85. The molecule has 80 valence electrons. The van der Waals surface area contributed by atoms with Crippen molar-refractivity contribution in [1.29, 1.82) is 0 Å². The standard InChI is InChI=1S/C12H12N4/c1-7-11(8(2)16-15-7)9-3-5-13-12-10(9)4-6-14-12/h3-6H,1-2H3,(H,13,14)(H,15,16). The van der Waals surface area contributed by atoms with Crippen molar-refractivity contribution in [2.75, 3.05) is 0 Å². The number of hydrogen-bond acceptors (Lipinski definition) is 2.